The molecule has 0 bridgehead atoms. The first-order chi connectivity index (χ1) is 10.4. The molecule has 1 fully saturated rings. The standard InChI is InChI=1S/C14H17ClN4O3/c1-17-14(22)18-13(16)19(7-8-2-3-8)11-5-4-9(12(20)21)6-10(11)15/h4-6,8H,2-3,7H2,1H3,(H,20,21)(H3,16,17,18,22). The molecular weight excluding hydrogens is 308 g/mol. The van der Waals surface area contributed by atoms with Crippen molar-refractivity contribution in [3.05, 3.63) is 28.8 Å². The minimum atomic E-state index is -1.06. The Hall–Kier alpha value is -2.28. The molecule has 1 saturated carbocycles. The number of benzene rings is 1. The van der Waals surface area contributed by atoms with Gasteiger partial charge in [0.1, 0.15) is 0 Å². The van der Waals surface area contributed by atoms with Gasteiger partial charge in [0.25, 0.3) is 0 Å². The van der Waals surface area contributed by atoms with Crippen LogP contribution in [0.15, 0.2) is 23.2 Å². The Kier molecular flexibility index (Phi) is 4.87. The lowest BCUT2D eigenvalue weighted by Gasteiger charge is -2.24. The molecule has 2 rings (SSSR count). The molecule has 118 valence electrons. The van der Waals surface area contributed by atoms with E-state index in [2.05, 4.69) is 10.3 Å². The molecule has 1 aromatic carbocycles. The topological polar surface area (TPSA) is 108 Å². The van der Waals surface area contributed by atoms with Gasteiger partial charge in [0.15, 0.2) is 0 Å². The van der Waals surface area contributed by atoms with E-state index in [0.29, 0.717) is 18.2 Å². The van der Waals surface area contributed by atoms with E-state index < -0.39 is 12.0 Å². The highest BCUT2D eigenvalue weighted by Crippen LogP contribution is 2.34. The molecule has 4 N–H and O–H groups in total. The first kappa shape index (κ1) is 16.1. The number of carbonyl (C=O) groups is 2. The number of guanidine groups is 1. The number of carboxylic acid groups (broad SMARTS) is 1. The molecule has 0 saturated heterocycles. The molecule has 0 aromatic heterocycles. The minimum absolute atomic E-state index is 0.0243. The zero-order chi connectivity index (χ0) is 16.3. The Morgan fingerprint density at radius 3 is 2.68 bits per heavy atom. The second kappa shape index (κ2) is 6.65. The van der Waals surface area contributed by atoms with E-state index in [1.54, 1.807) is 11.0 Å². The summed E-state index contributed by atoms with van der Waals surface area (Å²) in [6.45, 7) is 0.582. The van der Waals surface area contributed by atoms with Gasteiger partial charge in [-0.15, -0.1) is 0 Å². The Morgan fingerprint density at radius 1 is 1.50 bits per heavy atom. The minimum Gasteiger partial charge on any atom is -0.478 e. The maximum atomic E-state index is 11.4. The summed E-state index contributed by atoms with van der Waals surface area (Å²) >= 11 is 6.17. The lowest BCUT2D eigenvalue weighted by molar-refractivity contribution is 0.0697. The molecule has 22 heavy (non-hydrogen) atoms. The number of carbonyl (C=O) groups excluding carboxylic acids is 1. The maximum absolute atomic E-state index is 11.4. The van der Waals surface area contributed by atoms with Crippen LogP contribution in [-0.4, -0.2) is 36.7 Å². The summed E-state index contributed by atoms with van der Waals surface area (Å²) in [6, 6.07) is 3.81. The van der Waals surface area contributed by atoms with Gasteiger partial charge in [-0.3, -0.25) is 0 Å². The van der Waals surface area contributed by atoms with E-state index in [1.807, 2.05) is 0 Å². The lowest BCUT2D eigenvalue weighted by atomic mass is 10.2. The van der Waals surface area contributed by atoms with E-state index in [9.17, 15) is 9.59 Å². The summed E-state index contributed by atoms with van der Waals surface area (Å²) in [6.07, 6.45) is 2.16. The third-order valence-electron chi connectivity index (χ3n) is 3.33. The SMILES string of the molecule is CNC(=O)N=C(N)N(CC1CC1)c1ccc(C(=O)O)cc1Cl. The van der Waals surface area contributed by atoms with E-state index in [4.69, 9.17) is 22.4 Å². The van der Waals surface area contributed by atoms with Crippen LogP contribution in [0.3, 0.4) is 0 Å². The zero-order valence-corrected chi connectivity index (χ0v) is 12.8. The third-order valence-corrected chi connectivity index (χ3v) is 3.63. The van der Waals surface area contributed by atoms with Crippen molar-refractivity contribution < 1.29 is 14.7 Å². The van der Waals surface area contributed by atoms with Gasteiger partial charge in [-0.1, -0.05) is 11.6 Å². The Bertz CT molecular complexity index is 629. The second-order valence-corrected chi connectivity index (χ2v) is 5.46. The molecule has 1 aliphatic rings. The van der Waals surface area contributed by atoms with Crippen LogP contribution < -0.4 is 16.0 Å². The number of aliphatic imine (C=N–C) groups is 1. The molecule has 0 heterocycles. The first-order valence-electron chi connectivity index (χ1n) is 6.78. The predicted octanol–water partition coefficient (Wildman–Crippen LogP) is 1.91. The van der Waals surface area contributed by atoms with Crippen LogP contribution in [0.2, 0.25) is 5.02 Å². The number of amides is 2. The van der Waals surface area contributed by atoms with Crippen molar-refractivity contribution in [3.8, 4) is 0 Å². The van der Waals surface area contributed by atoms with E-state index >= 15 is 0 Å². The average molecular weight is 325 g/mol. The lowest BCUT2D eigenvalue weighted by Crippen LogP contribution is -2.40. The quantitative estimate of drug-likeness (QED) is 0.579. The highest BCUT2D eigenvalue weighted by atomic mass is 35.5. The zero-order valence-electron chi connectivity index (χ0n) is 12.0. The third kappa shape index (κ3) is 3.88. The van der Waals surface area contributed by atoms with Crippen LogP contribution >= 0.6 is 11.6 Å². The number of nitrogens with one attached hydrogen (secondary N) is 1. The molecule has 0 unspecified atom stereocenters. The van der Waals surface area contributed by atoms with Gasteiger partial charge in [0.05, 0.1) is 16.3 Å². The summed E-state index contributed by atoms with van der Waals surface area (Å²) in [5.74, 6) is -0.570. The van der Waals surface area contributed by atoms with Crippen molar-refractivity contribution in [2.75, 3.05) is 18.5 Å². The number of urea groups is 1. The largest absolute Gasteiger partial charge is 0.478 e. The summed E-state index contributed by atoms with van der Waals surface area (Å²) in [5, 5.41) is 11.6. The maximum Gasteiger partial charge on any atom is 0.343 e. The highest BCUT2D eigenvalue weighted by Gasteiger charge is 2.27. The van der Waals surface area contributed by atoms with Crippen molar-refractivity contribution in [1.82, 2.24) is 5.32 Å². The highest BCUT2D eigenvalue weighted by molar-refractivity contribution is 6.34. The number of nitrogens with zero attached hydrogens (tertiary/aromatic N) is 2. The number of hydrogen-bond donors (Lipinski definition) is 3. The Morgan fingerprint density at radius 2 is 2.18 bits per heavy atom. The fourth-order valence-corrected chi connectivity index (χ4v) is 2.24. The van der Waals surface area contributed by atoms with Gasteiger partial charge in [0.2, 0.25) is 5.96 Å². The van der Waals surface area contributed by atoms with Gasteiger partial charge in [-0.05, 0) is 37.0 Å². The summed E-state index contributed by atoms with van der Waals surface area (Å²) in [4.78, 5) is 27.7. The molecule has 0 aliphatic heterocycles. The molecule has 1 aliphatic carbocycles. The molecule has 0 radical (unpaired) electrons. The van der Waals surface area contributed by atoms with Crippen LogP contribution in [0, 0.1) is 5.92 Å². The number of aromatic carboxylic acids is 1. The average Bonchev–Trinajstić information content (AvgIpc) is 3.28. The molecule has 0 atom stereocenters. The molecular formula is C14H17ClN4O3. The predicted molar refractivity (Wildman–Crippen MR) is 84.6 cm³/mol. The summed E-state index contributed by atoms with van der Waals surface area (Å²) in [7, 11) is 1.46. The van der Waals surface area contributed by atoms with Gasteiger partial charge < -0.3 is 21.1 Å². The van der Waals surface area contributed by atoms with Crippen molar-refractivity contribution in [1.29, 1.82) is 0 Å². The number of halogens is 1. The van der Waals surface area contributed by atoms with Gasteiger partial charge in [-0.2, -0.15) is 4.99 Å². The number of anilines is 1. The van der Waals surface area contributed by atoms with Gasteiger partial charge in [0, 0.05) is 13.6 Å². The Balaban J connectivity index is 2.34. The summed E-state index contributed by atoms with van der Waals surface area (Å²) < 4.78 is 0. The van der Waals surface area contributed by atoms with Crippen LogP contribution in [0.5, 0.6) is 0 Å². The molecule has 1 aromatic rings. The van der Waals surface area contributed by atoms with Crippen LogP contribution in [0.25, 0.3) is 0 Å². The fraction of sp³-hybridized carbons (Fsp3) is 0.357. The smallest absolute Gasteiger partial charge is 0.343 e. The van der Waals surface area contributed by atoms with Crippen molar-refractivity contribution in [2.45, 2.75) is 12.8 Å². The molecule has 8 heteroatoms. The number of rotatable bonds is 4. The van der Waals surface area contributed by atoms with Crippen molar-refractivity contribution >= 4 is 35.2 Å². The number of nitrogens with two attached hydrogens (primary N) is 1. The number of carboxylic acids is 1. The molecule has 7 nitrogen and oxygen atoms in total. The fourth-order valence-electron chi connectivity index (χ4n) is 1.95. The van der Waals surface area contributed by atoms with Crippen molar-refractivity contribution in [2.24, 2.45) is 16.6 Å². The van der Waals surface area contributed by atoms with Crippen LogP contribution in [0.1, 0.15) is 23.2 Å². The number of hydrogen-bond acceptors (Lipinski definition) is 2. The van der Waals surface area contributed by atoms with Crippen LogP contribution in [0.4, 0.5) is 10.5 Å². The second-order valence-electron chi connectivity index (χ2n) is 5.05. The molecule has 0 spiro atoms. The Labute approximate surface area is 132 Å². The normalized spacial score (nSPS) is 14.5. The van der Waals surface area contributed by atoms with Gasteiger partial charge >= 0.3 is 12.0 Å². The van der Waals surface area contributed by atoms with E-state index in [0.717, 1.165) is 12.8 Å². The van der Waals surface area contributed by atoms with Gasteiger partial charge in [-0.25, -0.2) is 9.59 Å². The molecule has 2 amide bonds. The van der Waals surface area contributed by atoms with E-state index in [1.165, 1.54) is 19.2 Å². The van der Waals surface area contributed by atoms with E-state index in [-0.39, 0.29) is 16.5 Å². The van der Waals surface area contributed by atoms with Crippen LogP contribution in [-0.2, 0) is 0 Å². The monoisotopic (exact) mass is 324 g/mol. The summed E-state index contributed by atoms with van der Waals surface area (Å²) in [5.41, 5.74) is 6.53. The first-order valence-corrected chi connectivity index (χ1v) is 7.16. The van der Waals surface area contributed by atoms with Crippen molar-refractivity contribution in [3.63, 3.8) is 0 Å².